The fourth-order valence-electron chi connectivity index (χ4n) is 2.86. The smallest absolute Gasteiger partial charge is 0.221 e. The Labute approximate surface area is 178 Å². The van der Waals surface area contributed by atoms with E-state index in [0.717, 1.165) is 16.7 Å². The molecule has 2 aromatic heterocycles. The summed E-state index contributed by atoms with van der Waals surface area (Å²) >= 11 is 12.4. The lowest BCUT2D eigenvalue weighted by atomic mass is 10.1. The Hall–Kier alpha value is -3.01. The Balaban J connectivity index is 1.50. The predicted molar refractivity (Wildman–Crippen MR) is 116 cm³/mol. The van der Waals surface area contributed by atoms with Crippen molar-refractivity contribution < 1.29 is 13.6 Å². The normalized spacial score (nSPS) is 11.3. The lowest BCUT2D eigenvalue weighted by Gasteiger charge is -2.00. The van der Waals surface area contributed by atoms with Gasteiger partial charge in [0.1, 0.15) is 17.3 Å². The van der Waals surface area contributed by atoms with Crippen molar-refractivity contribution in [2.24, 2.45) is 0 Å². The summed E-state index contributed by atoms with van der Waals surface area (Å²) in [6.07, 6.45) is 3.03. The quantitative estimate of drug-likeness (QED) is 0.244. The predicted octanol–water partition coefficient (Wildman–Crippen LogP) is 7.72. The van der Waals surface area contributed by atoms with E-state index in [9.17, 15) is 4.79 Å². The molecule has 0 N–H and O–H groups in total. The van der Waals surface area contributed by atoms with Crippen LogP contribution in [0.1, 0.15) is 21.9 Å². The highest BCUT2D eigenvalue weighted by atomic mass is 35.5. The van der Waals surface area contributed by atoms with Crippen LogP contribution < -0.4 is 0 Å². The molecule has 0 fully saturated rings. The third-order valence-corrected chi connectivity index (χ3v) is 5.21. The number of rotatable bonds is 5. The highest BCUT2D eigenvalue weighted by Gasteiger charge is 2.12. The van der Waals surface area contributed by atoms with Crippen LogP contribution in [-0.2, 0) is 0 Å². The van der Waals surface area contributed by atoms with E-state index in [1.165, 1.54) is 6.08 Å². The lowest BCUT2D eigenvalue weighted by Crippen LogP contribution is -1.90. The standard InChI is InChI=1S/C24H16Cl2O3/c1-15-6-7-16(14-20(15)26)22-11-9-17(28-22)8-10-21(27)24-13-12-23(29-24)18-4-2-3-5-19(18)25/h2-14H,1H3/b10-8+. The molecule has 0 aliphatic rings. The molecule has 2 aromatic carbocycles. The average molecular weight is 423 g/mol. The molecular weight excluding hydrogens is 407 g/mol. The number of benzene rings is 2. The van der Waals surface area contributed by atoms with E-state index in [4.69, 9.17) is 32.0 Å². The number of halogens is 2. The van der Waals surface area contributed by atoms with Gasteiger partial charge in [-0.2, -0.15) is 0 Å². The van der Waals surface area contributed by atoms with Crippen molar-refractivity contribution in [1.82, 2.24) is 0 Å². The Bertz CT molecular complexity index is 1210. The first kappa shape index (κ1) is 19.3. The molecule has 0 atom stereocenters. The summed E-state index contributed by atoms with van der Waals surface area (Å²) in [7, 11) is 0. The van der Waals surface area contributed by atoms with Gasteiger partial charge in [0.15, 0.2) is 5.76 Å². The summed E-state index contributed by atoms with van der Waals surface area (Å²) in [5.41, 5.74) is 2.62. The fourth-order valence-corrected chi connectivity index (χ4v) is 3.27. The number of hydrogen-bond acceptors (Lipinski definition) is 3. The molecule has 0 aliphatic heterocycles. The van der Waals surface area contributed by atoms with Crippen LogP contribution in [0.4, 0.5) is 0 Å². The molecule has 0 bridgehead atoms. The van der Waals surface area contributed by atoms with Gasteiger partial charge in [0.05, 0.1) is 5.02 Å². The molecule has 144 valence electrons. The van der Waals surface area contributed by atoms with E-state index in [1.54, 1.807) is 30.3 Å². The third kappa shape index (κ3) is 4.21. The van der Waals surface area contributed by atoms with Gasteiger partial charge < -0.3 is 8.83 Å². The SMILES string of the molecule is Cc1ccc(-c2ccc(/C=C/C(=O)c3ccc(-c4ccccc4Cl)o3)o2)cc1Cl. The molecule has 5 heteroatoms. The van der Waals surface area contributed by atoms with Gasteiger partial charge in [0, 0.05) is 16.1 Å². The first-order valence-corrected chi connectivity index (χ1v) is 9.70. The molecule has 0 aliphatic carbocycles. The van der Waals surface area contributed by atoms with Crippen LogP contribution in [0.15, 0.2) is 81.6 Å². The Morgan fingerprint density at radius 3 is 2.45 bits per heavy atom. The van der Waals surface area contributed by atoms with Crippen LogP contribution in [0.25, 0.3) is 28.7 Å². The minimum absolute atomic E-state index is 0.230. The number of aryl methyl sites for hydroxylation is 1. The van der Waals surface area contributed by atoms with Gasteiger partial charge in [0.2, 0.25) is 5.78 Å². The van der Waals surface area contributed by atoms with Crippen molar-refractivity contribution in [2.45, 2.75) is 6.92 Å². The third-order valence-electron chi connectivity index (χ3n) is 4.47. The summed E-state index contributed by atoms with van der Waals surface area (Å²) in [5.74, 6) is 1.75. The first-order valence-electron chi connectivity index (χ1n) is 8.95. The molecule has 2 heterocycles. The van der Waals surface area contributed by atoms with E-state index in [1.807, 2.05) is 49.4 Å². The molecule has 0 radical (unpaired) electrons. The molecule has 0 unspecified atom stereocenters. The zero-order valence-corrected chi connectivity index (χ0v) is 17.0. The Morgan fingerprint density at radius 1 is 0.862 bits per heavy atom. The summed E-state index contributed by atoms with van der Waals surface area (Å²) in [5, 5.41) is 1.24. The van der Waals surface area contributed by atoms with Crippen molar-refractivity contribution in [3.8, 4) is 22.6 Å². The van der Waals surface area contributed by atoms with E-state index in [-0.39, 0.29) is 11.5 Å². The van der Waals surface area contributed by atoms with Crippen molar-refractivity contribution in [2.75, 3.05) is 0 Å². The van der Waals surface area contributed by atoms with E-state index in [0.29, 0.717) is 27.3 Å². The second-order valence-electron chi connectivity index (χ2n) is 6.51. The minimum atomic E-state index is -0.264. The number of hydrogen-bond donors (Lipinski definition) is 0. The van der Waals surface area contributed by atoms with Crippen LogP contribution in [-0.4, -0.2) is 5.78 Å². The maximum absolute atomic E-state index is 12.4. The number of carbonyl (C=O) groups is 1. The zero-order valence-electron chi connectivity index (χ0n) is 15.5. The zero-order chi connectivity index (χ0) is 20.4. The van der Waals surface area contributed by atoms with Gasteiger partial charge in [-0.15, -0.1) is 0 Å². The van der Waals surface area contributed by atoms with Gasteiger partial charge in [-0.3, -0.25) is 4.79 Å². The maximum Gasteiger partial charge on any atom is 0.221 e. The summed E-state index contributed by atoms with van der Waals surface area (Å²) in [4.78, 5) is 12.4. The minimum Gasteiger partial charge on any atom is -0.457 e. The number of carbonyl (C=O) groups excluding carboxylic acids is 1. The molecule has 0 amide bonds. The van der Waals surface area contributed by atoms with Gasteiger partial charge in [0.25, 0.3) is 0 Å². The van der Waals surface area contributed by atoms with Crippen LogP contribution >= 0.6 is 23.2 Å². The van der Waals surface area contributed by atoms with Crippen molar-refractivity contribution in [1.29, 1.82) is 0 Å². The second kappa shape index (κ2) is 8.16. The van der Waals surface area contributed by atoms with Crippen LogP contribution in [0.2, 0.25) is 10.0 Å². The van der Waals surface area contributed by atoms with Crippen LogP contribution in [0.5, 0.6) is 0 Å². The Morgan fingerprint density at radius 2 is 1.66 bits per heavy atom. The molecule has 0 spiro atoms. The van der Waals surface area contributed by atoms with Gasteiger partial charge in [-0.1, -0.05) is 47.5 Å². The molecule has 0 saturated carbocycles. The second-order valence-corrected chi connectivity index (χ2v) is 7.32. The molecule has 4 rings (SSSR count). The molecule has 3 nitrogen and oxygen atoms in total. The molecule has 29 heavy (non-hydrogen) atoms. The van der Waals surface area contributed by atoms with E-state index < -0.39 is 0 Å². The Kier molecular flexibility index (Phi) is 5.43. The number of allylic oxidation sites excluding steroid dienone is 1. The summed E-state index contributed by atoms with van der Waals surface area (Å²) < 4.78 is 11.5. The number of furan rings is 2. The highest BCUT2D eigenvalue weighted by Crippen LogP contribution is 2.30. The molecule has 4 aromatic rings. The van der Waals surface area contributed by atoms with Crippen LogP contribution in [0, 0.1) is 6.92 Å². The topological polar surface area (TPSA) is 43.4 Å². The fraction of sp³-hybridized carbons (Fsp3) is 0.0417. The summed E-state index contributed by atoms with van der Waals surface area (Å²) in [6, 6.07) is 20.0. The monoisotopic (exact) mass is 422 g/mol. The maximum atomic E-state index is 12.4. The van der Waals surface area contributed by atoms with Gasteiger partial charge in [-0.25, -0.2) is 0 Å². The molecule has 0 saturated heterocycles. The highest BCUT2D eigenvalue weighted by molar-refractivity contribution is 6.33. The largest absolute Gasteiger partial charge is 0.457 e. The molecular formula is C24H16Cl2O3. The van der Waals surface area contributed by atoms with Gasteiger partial charge >= 0.3 is 0 Å². The average Bonchev–Trinajstić information content (AvgIpc) is 3.38. The van der Waals surface area contributed by atoms with Crippen LogP contribution in [0.3, 0.4) is 0 Å². The van der Waals surface area contributed by atoms with Crippen molar-refractivity contribution >= 4 is 35.1 Å². The van der Waals surface area contributed by atoms with Crippen molar-refractivity contribution in [3.63, 3.8) is 0 Å². The van der Waals surface area contributed by atoms with Gasteiger partial charge in [-0.05, 0) is 67.1 Å². The van der Waals surface area contributed by atoms with Crippen molar-refractivity contribution in [3.05, 3.63) is 99.9 Å². The number of ketones is 1. The van der Waals surface area contributed by atoms with E-state index >= 15 is 0 Å². The lowest BCUT2D eigenvalue weighted by molar-refractivity contribution is 0.102. The summed E-state index contributed by atoms with van der Waals surface area (Å²) in [6.45, 7) is 1.94. The first-order chi connectivity index (χ1) is 14.0. The van der Waals surface area contributed by atoms with E-state index in [2.05, 4.69) is 0 Å².